The van der Waals surface area contributed by atoms with Crippen LogP contribution >= 0.6 is 0 Å². The molecular formula is C16H28N2O3. The van der Waals surface area contributed by atoms with Crippen LogP contribution in [0, 0.1) is 5.41 Å². The fourth-order valence-electron chi connectivity index (χ4n) is 2.43. The number of carbonyl (C=O) groups is 2. The molecule has 1 unspecified atom stereocenters. The molecule has 5 nitrogen and oxygen atoms in total. The van der Waals surface area contributed by atoms with Crippen LogP contribution in [0.25, 0.3) is 0 Å². The van der Waals surface area contributed by atoms with Gasteiger partial charge in [-0.3, -0.25) is 4.79 Å². The molecule has 0 aliphatic heterocycles. The number of hydrogen-bond donors (Lipinski definition) is 3. The number of allylic oxidation sites excluding steroid dienone is 1. The molecule has 2 amide bonds. The molecule has 120 valence electrons. The Morgan fingerprint density at radius 2 is 2.05 bits per heavy atom. The largest absolute Gasteiger partial charge is 0.481 e. The summed E-state index contributed by atoms with van der Waals surface area (Å²) < 4.78 is 0. The fourth-order valence-corrected chi connectivity index (χ4v) is 2.43. The van der Waals surface area contributed by atoms with E-state index in [0.29, 0.717) is 6.54 Å². The Hall–Kier alpha value is -1.52. The SMILES string of the molecule is CC(C)(C)C(CC(=O)O)NC(=O)NCCC1=CCCCC1. The van der Waals surface area contributed by atoms with Gasteiger partial charge in [-0.1, -0.05) is 32.4 Å². The van der Waals surface area contributed by atoms with Gasteiger partial charge in [-0.25, -0.2) is 4.79 Å². The number of urea groups is 1. The van der Waals surface area contributed by atoms with Crippen molar-refractivity contribution in [3.63, 3.8) is 0 Å². The Balaban J connectivity index is 2.36. The molecule has 0 saturated carbocycles. The van der Waals surface area contributed by atoms with Crippen molar-refractivity contribution in [1.82, 2.24) is 10.6 Å². The van der Waals surface area contributed by atoms with E-state index >= 15 is 0 Å². The summed E-state index contributed by atoms with van der Waals surface area (Å²) in [5, 5.41) is 14.5. The summed E-state index contributed by atoms with van der Waals surface area (Å²) >= 11 is 0. The first kappa shape index (κ1) is 17.5. The molecular weight excluding hydrogens is 268 g/mol. The highest BCUT2D eigenvalue weighted by molar-refractivity contribution is 5.75. The van der Waals surface area contributed by atoms with Crippen molar-refractivity contribution in [2.24, 2.45) is 5.41 Å². The van der Waals surface area contributed by atoms with Crippen molar-refractivity contribution >= 4 is 12.0 Å². The third kappa shape index (κ3) is 7.16. The highest BCUT2D eigenvalue weighted by Gasteiger charge is 2.28. The first-order valence-corrected chi connectivity index (χ1v) is 7.73. The van der Waals surface area contributed by atoms with Gasteiger partial charge < -0.3 is 15.7 Å². The minimum absolute atomic E-state index is 0.0674. The summed E-state index contributed by atoms with van der Waals surface area (Å²) in [4.78, 5) is 22.8. The molecule has 1 atom stereocenters. The van der Waals surface area contributed by atoms with Gasteiger partial charge >= 0.3 is 12.0 Å². The van der Waals surface area contributed by atoms with Gasteiger partial charge in [-0.05, 0) is 37.5 Å². The van der Waals surface area contributed by atoms with E-state index in [4.69, 9.17) is 5.11 Å². The lowest BCUT2D eigenvalue weighted by molar-refractivity contribution is -0.138. The van der Waals surface area contributed by atoms with Crippen molar-refractivity contribution in [1.29, 1.82) is 0 Å². The summed E-state index contributed by atoms with van der Waals surface area (Å²) in [5.41, 5.74) is 1.13. The molecule has 5 heteroatoms. The number of nitrogens with one attached hydrogen (secondary N) is 2. The number of amides is 2. The number of hydrogen-bond acceptors (Lipinski definition) is 2. The second kappa shape index (κ2) is 8.05. The van der Waals surface area contributed by atoms with Crippen LogP contribution in [0.5, 0.6) is 0 Å². The molecule has 0 radical (unpaired) electrons. The first-order chi connectivity index (χ1) is 9.79. The van der Waals surface area contributed by atoms with Crippen LogP contribution in [0.4, 0.5) is 4.79 Å². The van der Waals surface area contributed by atoms with Gasteiger partial charge in [0.2, 0.25) is 0 Å². The topological polar surface area (TPSA) is 78.4 Å². The number of aliphatic carboxylic acids is 1. The van der Waals surface area contributed by atoms with Crippen LogP contribution < -0.4 is 10.6 Å². The van der Waals surface area contributed by atoms with Crippen LogP contribution in [0.1, 0.15) is 59.3 Å². The highest BCUT2D eigenvalue weighted by Crippen LogP contribution is 2.22. The van der Waals surface area contributed by atoms with E-state index in [9.17, 15) is 9.59 Å². The van der Waals surface area contributed by atoms with Crippen molar-refractivity contribution in [3.8, 4) is 0 Å². The molecule has 0 aromatic heterocycles. The number of carbonyl (C=O) groups excluding carboxylic acids is 1. The summed E-state index contributed by atoms with van der Waals surface area (Å²) in [6.45, 7) is 6.37. The van der Waals surface area contributed by atoms with Crippen LogP contribution in [0.3, 0.4) is 0 Å². The zero-order valence-corrected chi connectivity index (χ0v) is 13.4. The Morgan fingerprint density at radius 1 is 1.33 bits per heavy atom. The van der Waals surface area contributed by atoms with Crippen molar-refractivity contribution in [2.75, 3.05) is 6.54 Å². The minimum Gasteiger partial charge on any atom is -0.481 e. The number of carboxylic acids is 1. The second-order valence-corrected chi connectivity index (χ2v) is 6.77. The van der Waals surface area contributed by atoms with Crippen LogP contribution in [-0.2, 0) is 4.79 Å². The van der Waals surface area contributed by atoms with Gasteiger partial charge in [0.25, 0.3) is 0 Å². The van der Waals surface area contributed by atoms with E-state index < -0.39 is 5.97 Å². The molecule has 1 aliphatic carbocycles. The van der Waals surface area contributed by atoms with E-state index in [-0.39, 0.29) is 23.9 Å². The van der Waals surface area contributed by atoms with E-state index in [1.807, 2.05) is 20.8 Å². The van der Waals surface area contributed by atoms with Crippen molar-refractivity contribution in [3.05, 3.63) is 11.6 Å². The minimum atomic E-state index is -0.900. The molecule has 0 fully saturated rings. The van der Waals surface area contributed by atoms with Gasteiger partial charge in [-0.2, -0.15) is 0 Å². The molecule has 0 aromatic carbocycles. The Labute approximate surface area is 127 Å². The Kier molecular flexibility index (Phi) is 6.72. The quantitative estimate of drug-likeness (QED) is 0.659. The average Bonchev–Trinajstić information content (AvgIpc) is 2.37. The summed E-state index contributed by atoms with van der Waals surface area (Å²) in [5.74, 6) is -0.900. The Morgan fingerprint density at radius 3 is 2.57 bits per heavy atom. The number of carboxylic acid groups (broad SMARTS) is 1. The van der Waals surface area contributed by atoms with Gasteiger partial charge in [0.05, 0.1) is 6.42 Å². The predicted molar refractivity (Wildman–Crippen MR) is 83.2 cm³/mol. The zero-order valence-electron chi connectivity index (χ0n) is 13.4. The summed E-state index contributed by atoms with van der Waals surface area (Å²) in [7, 11) is 0. The standard InChI is InChI=1S/C16H28N2O3/c1-16(2,3)13(11-14(19)20)18-15(21)17-10-9-12-7-5-4-6-8-12/h7,13H,4-6,8-11H2,1-3H3,(H,19,20)(H2,17,18,21). The van der Waals surface area contributed by atoms with Crippen LogP contribution in [-0.4, -0.2) is 29.7 Å². The maximum absolute atomic E-state index is 11.9. The second-order valence-electron chi connectivity index (χ2n) is 6.77. The van der Waals surface area contributed by atoms with E-state index in [2.05, 4.69) is 16.7 Å². The van der Waals surface area contributed by atoms with Gasteiger partial charge in [0.1, 0.15) is 0 Å². The monoisotopic (exact) mass is 296 g/mol. The molecule has 0 heterocycles. The molecule has 0 saturated heterocycles. The predicted octanol–water partition coefficient (Wildman–Crippen LogP) is 3.07. The van der Waals surface area contributed by atoms with E-state index in [1.54, 1.807) is 0 Å². The van der Waals surface area contributed by atoms with Gasteiger partial charge in [0.15, 0.2) is 0 Å². The molecule has 0 spiro atoms. The molecule has 0 aromatic rings. The normalized spacial score (nSPS) is 16.8. The lowest BCUT2D eigenvalue weighted by Crippen LogP contribution is -2.49. The van der Waals surface area contributed by atoms with Crippen molar-refractivity contribution in [2.45, 2.75) is 65.3 Å². The molecule has 1 aliphatic rings. The fraction of sp³-hybridized carbons (Fsp3) is 0.750. The zero-order chi connectivity index (χ0) is 15.9. The summed E-state index contributed by atoms with van der Waals surface area (Å²) in [6.07, 6.45) is 7.86. The third-order valence-electron chi connectivity index (χ3n) is 3.85. The third-order valence-corrected chi connectivity index (χ3v) is 3.85. The first-order valence-electron chi connectivity index (χ1n) is 7.73. The van der Waals surface area contributed by atoms with Gasteiger partial charge in [-0.15, -0.1) is 0 Å². The van der Waals surface area contributed by atoms with Crippen LogP contribution in [0.2, 0.25) is 0 Å². The maximum Gasteiger partial charge on any atom is 0.315 e. The Bertz CT molecular complexity index is 397. The smallest absolute Gasteiger partial charge is 0.315 e. The molecule has 3 N–H and O–H groups in total. The molecule has 21 heavy (non-hydrogen) atoms. The van der Waals surface area contributed by atoms with Crippen molar-refractivity contribution < 1.29 is 14.7 Å². The van der Waals surface area contributed by atoms with Crippen LogP contribution in [0.15, 0.2) is 11.6 Å². The summed E-state index contributed by atoms with van der Waals surface area (Å²) in [6, 6.07) is -0.670. The average molecular weight is 296 g/mol. The lowest BCUT2D eigenvalue weighted by atomic mass is 9.85. The maximum atomic E-state index is 11.9. The van der Waals surface area contributed by atoms with E-state index in [1.165, 1.54) is 18.4 Å². The highest BCUT2D eigenvalue weighted by atomic mass is 16.4. The van der Waals surface area contributed by atoms with E-state index in [0.717, 1.165) is 19.3 Å². The lowest BCUT2D eigenvalue weighted by Gasteiger charge is -2.30. The molecule has 0 bridgehead atoms. The number of rotatable bonds is 6. The van der Waals surface area contributed by atoms with Gasteiger partial charge in [0, 0.05) is 12.6 Å². The molecule has 1 rings (SSSR count).